The molecule has 0 spiro atoms. The van der Waals surface area contributed by atoms with Crippen LogP contribution < -0.4 is 10.6 Å². The monoisotopic (exact) mass is 289 g/mol. The highest BCUT2D eigenvalue weighted by molar-refractivity contribution is 5.84. The number of benzene rings is 1. The molecule has 0 saturated heterocycles. The SMILES string of the molecule is CCN(CC)CCCNC(=O)C1CNCc2ccccc21. The van der Waals surface area contributed by atoms with Crippen molar-refractivity contribution in [3.05, 3.63) is 35.4 Å². The average molecular weight is 289 g/mol. The molecule has 1 amide bonds. The molecule has 0 aromatic heterocycles. The third kappa shape index (κ3) is 4.29. The molecule has 1 unspecified atom stereocenters. The number of carbonyl (C=O) groups is 1. The summed E-state index contributed by atoms with van der Waals surface area (Å²) >= 11 is 0. The van der Waals surface area contributed by atoms with Crippen molar-refractivity contribution in [2.45, 2.75) is 32.7 Å². The van der Waals surface area contributed by atoms with Gasteiger partial charge in [-0.3, -0.25) is 4.79 Å². The van der Waals surface area contributed by atoms with E-state index in [0.29, 0.717) is 0 Å². The fraction of sp³-hybridized carbons (Fsp3) is 0.588. The van der Waals surface area contributed by atoms with Gasteiger partial charge in [0.1, 0.15) is 0 Å². The largest absolute Gasteiger partial charge is 0.355 e. The van der Waals surface area contributed by atoms with Crippen molar-refractivity contribution in [2.75, 3.05) is 32.7 Å². The second-order valence-electron chi connectivity index (χ2n) is 5.55. The first-order valence-electron chi connectivity index (χ1n) is 8.04. The summed E-state index contributed by atoms with van der Waals surface area (Å²) in [5.41, 5.74) is 2.42. The Morgan fingerprint density at radius 2 is 2.10 bits per heavy atom. The molecule has 0 bridgehead atoms. The summed E-state index contributed by atoms with van der Waals surface area (Å²) in [5, 5.41) is 6.42. The summed E-state index contributed by atoms with van der Waals surface area (Å²) in [6.07, 6.45) is 1.01. The lowest BCUT2D eigenvalue weighted by Gasteiger charge is -2.25. The molecule has 2 rings (SSSR count). The summed E-state index contributed by atoms with van der Waals surface area (Å²) in [5.74, 6) is 0.0950. The second kappa shape index (κ2) is 8.15. The van der Waals surface area contributed by atoms with Gasteiger partial charge in [-0.05, 0) is 37.2 Å². The van der Waals surface area contributed by atoms with Crippen LogP contribution in [0, 0.1) is 0 Å². The van der Waals surface area contributed by atoms with Crippen LogP contribution in [0.1, 0.15) is 37.3 Å². The number of rotatable bonds is 7. The van der Waals surface area contributed by atoms with Crippen LogP contribution in [0.2, 0.25) is 0 Å². The molecule has 1 aromatic carbocycles. The number of carbonyl (C=O) groups excluding carboxylic acids is 1. The third-order valence-electron chi connectivity index (χ3n) is 4.26. The maximum Gasteiger partial charge on any atom is 0.228 e. The molecule has 1 aliphatic heterocycles. The Hall–Kier alpha value is -1.39. The van der Waals surface area contributed by atoms with E-state index in [1.165, 1.54) is 11.1 Å². The maximum atomic E-state index is 12.4. The molecule has 1 atom stereocenters. The Bertz CT molecular complexity index is 457. The van der Waals surface area contributed by atoms with Crippen molar-refractivity contribution in [3.8, 4) is 0 Å². The van der Waals surface area contributed by atoms with E-state index < -0.39 is 0 Å². The number of amides is 1. The zero-order chi connectivity index (χ0) is 15.1. The van der Waals surface area contributed by atoms with Gasteiger partial charge in [0.05, 0.1) is 5.92 Å². The Balaban J connectivity index is 1.82. The molecule has 21 heavy (non-hydrogen) atoms. The molecule has 1 aromatic rings. The lowest BCUT2D eigenvalue weighted by Crippen LogP contribution is -2.39. The zero-order valence-electron chi connectivity index (χ0n) is 13.2. The third-order valence-corrected chi connectivity index (χ3v) is 4.26. The van der Waals surface area contributed by atoms with Crippen LogP contribution >= 0.6 is 0 Å². The molecule has 0 saturated carbocycles. The molecule has 0 fully saturated rings. The van der Waals surface area contributed by atoms with Crippen LogP contribution in [0.25, 0.3) is 0 Å². The van der Waals surface area contributed by atoms with Crippen molar-refractivity contribution in [1.82, 2.24) is 15.5 Å². The van der Waals surface area contributed by atoms with Crippen LogP contribution in [0.3, 0.4) is 0 Å². The lowest BCUT2D eigenvalue weighted by atomic mass is 9.90. The first kappa shape index (κ1) is 16.0. The smallest absolute Gasteiger partial charge is 0.228 e. The molecule has 116 valence electrons. The Kier molecular flexibility index (Phi) is 6.21. The Morgan fingerprint density at radius 3 is 2.86 bits per heavy atom. The van der Waals surface area contributed by atoms with Crippen molar-refractivity contribution in [3.63, 3.8) is 0 Å². The van der Waals surface area contributed by atoms with Gasteiger partial charge in [0.2, 0.25) is 5.91 Å². The van der Waals surface area contributed by atoms with E-state index in [9.17, 15) is 4.79 Å². The molecule has 1 aliphatic rings. The van der Waals surface area contributed by atoms with Crippen molar-refractivity contribution >= 4 is 5.91 Å². The number of fused-ring (bicyclic) bond motifs is 1. The summed E-state index contributed by atoms with van der Waals surface area (Å²) in [6, 6.07) is 8.23. The molecule has 1 heterocycles. The average Bonchev–Trinajstić information content (AvgIpc) is 2.54. The van der Waals surface area contributed by atoms with Gasteiger partial charge in [-0.2, -0.15) is 0 Å². The van der Waals surface area contributed by atoms with Gasteiger partial charge in [0.25, 0.3) is 0 Å². The highest BCUT2D eigenvalue weighted by Crippen LogP contribution is 2.23. The van der Waals surface area contributed by atoms with Gasteiger partial charge >= 0.3 is 0 Å². The van der Waals surface area contributed by atoms with Gasteiger partial charge < -0.3 is 15.5 Å². The van der Waals surface area contributed by atoms with Gasteiger partial charge in [-0.25, -0.2) is 0 Å². The van der Waals surface area contributed by atoms with Gasteiger partial charge in [0.15, 0.2) is 0 Å². The minimum atomic E-state index is -0.0524. The van der Waals surface area contributed by atoms with Crippen molar-refractivity contribution < 1.29 is 4.79 Å². The summed E-state index contributed by atoms with van der Waals surface area (Å²) in [7, 11) is 0. The molecule has 2 N–H and O–H groups in total. The first-order chi connectivity index (χ1) is 10.3. The van der Waals surface area contributed by atoms with E-state index in [4.69, 9.17) is 0 Å². The van der Waals surface area contributed by atoms with E-state index in [1.54, 1.807) is 0 Å². The minimum Gasteiger partial charge on any atom is -0.355 e. The molecule has 0 radical (unpaired) electrons. The Morgan fingerprint density at radius 1 is 1.33 bits per heavy atom. The molecular weight excluding hydrogens is 262 g/mol. The number of nitrogens with zero attached hydrogens (tertiary/aromatic N) is 1. The second-order valence-corrected chi connectivity index (χ2v) is 5.55. The van der Waals surface area contributed by atoms with Crippen LogP contribution in [0.5, 0.6) is 0 Å². The topological polar surface area (TPSA) is 44.4 Å². The summed E-state index contributed by atoms with van der Waals surface area (Å²) in [6.45, 7) is 9.90. The zero-order valence-corrected chi connectivity index (χ0v) is 13.2. The summed E-state index contributed by atoms with van der Waals surface area (Å²) < 4.78 is 0. The molecule has 4 heteroatoms. The van der Waals surface area contributed by atoms with E-state index in [2.05, 4.69) is 41.5 Å². The minimum absolute atomic E-state index is 0.0524. The predicted octanol–water partition coefficient (Wildman–Crippen LogP) is 1.72. The predicted molar refractivity (Wildman–Crippen MR) is 86.3 cm³/mol. The number of hydrogen-bond donors (Lipinski definition) is 2. The van der Waals surface area contributed by atoms with E-state index >= 15 is 0 Å². The molecule has 4 nitrogen and oxygen atoms in total. The van der Waals surface area contributed by atoms with Crippen molar-refractivity contribution in [2.24, 2.45) is 0 Å². The quantitative estimate of drug-likeness (QED) is 0.751. The maximum absolute atomic E-state index is 12.4. The number of hydrogen-bond acceptors (Lipinski definition) is 3. The normalized spacial score (nSPS) is 17.6. The fourth-order valence-corrected chi connectivity index (χ4v) is 2.91. The highest BCUT2D eigenvalue weighted by atomic mass is 16.1. The van der Waals surface area contributed by atoms with E-state index in [0.717, 1.165) is 45.7 Å². The van der Waals surface area contributed by atoms with Crippen molar-refractivity contribution in [1.29, 1.82) is 0 Å². The standard InChI is InChI=1S/C17H27N3O/c1-3-20(4-2)11-7-10-19-17(21)16-13-18-12-14-8-5-6-9-15(14)16/h5-6,8-9,16,18H,3-4,7,10-13H2,1-2H3,(H,19,21). The first-order valence-corrected chi connectivity index (χ1v) is 8.04. The fourth-order valence-electron chi connectivity index (χ4n) is 2.91. The van der Waals surface area contributed by atoms with E-state index in [1.807, 2.05) is 12.1 Å². The Labute approximate surface area is 127 Å². The van der Waals surface area contributed by atoms with Crippen LogP contribution in [0.15, 0.2) is 24.3 Å². The number of nitrogens with one attached hydrogen (secondary N) is 2. The highest BCUT2D eigenvalue weighted by Gasteiger charge is 2.25. The van der Waals surface area contributed by atoms with Crippen LogP contribution in [-0.2, 0) is 11.3 Å². The molecular formula is C17H27N3O. The van der Waals surface area contributed by atoms with Gasteiger partial charge in [-0.15, -0.1) is 0 Å². The van der Waals surface area contributed by atoms with Crippen LogP contribution in [-0.4, -0.2) is 43.5 Å². The van der Waals surface area contributed by atoms with Crippen LogP contribution in [0.4, 0.5) is 0 Å². The van der Waals surface area contributed by atoms with E-state index in [-0.39, 0.29) is 11.8 Å². The lowest BCUT2D eigenvalue weighted by molar-refractivity contribution is -0.122. The van der Waals surface area contributed by atoms with Gasteiger partial charge in [-0.1, -0.05) is 38.1 Å². The summed E-state index contributed by atoms with van der Waals surface area (Å²) in [4.78, 5) is 14.8. The molecule has 0 aliphatic carbocycles. The van der Waals surface area contributed by atoms with Gasteiger partial charge in [0, 0.05) is 19.6 Å².